The Morgan fingerprint density at radius 1 is 0.789 bits per heavy atom. The summed E-state index contributed by atoms with van der Waals surface area (Å²) in [5.41, 5.74) is 0. The van der Waals surface area contributed by atoms with Crippen LogP contribution in [-0.4, -0.2) is 18.9 Å². The first-order valence-corrected chi connectivity index (χ1v) is 4.47. The molecule has 0 fully saturated rings. The van der Waals surface area contributed by atoms with Crippen LogP contribution in [0.4, 0.5) is 26.3 Å². The van der Waals surface area contributed by atoms with Crippen molar-refractivity contribution in [2.45, 2.75) is 18.9 Å². The van der Waals surface area contributed by atoms with Crippen molar-refractivity contribution in [2.75, 3.05) is 0 Å². The van der Waals surface area contributed by atoms with Gasteiger partial charge in [0, 0.05) is 0 Å². The standard InChI is InChI=1S/C9H5F6O4/c10-7(11,12)18-9(16,19-8(13,14)15)17-6-4-2-1-3-5-6/h1-5H. The summed E-state index contributed by atoms with van der Waals surface area (Å²) in [4.78, 5) is 0. The van der Waals surface area contributed by atoms with Crippen molar-refractivity contribution in [3.05, 3.63) is 30.3 Å². The summed E-state index contributed by atoms with van der Waals surface area (Å²) in [6, 6.07) is 5.74. The third kappa shape index (κ3) is 6.27. The van der Waals surface area contributed by atoms with Crippen LogP contribution in [0.2, 0.25) is 0 Å². The molecule has 0 unspecified atom stereocenters. The molecule has 1 aromatic carbocycles. The Labute approximate surface area is 102 Å². The highest BCUT2D eigenvalue weighted by atomic mass is 19.4. The molecule has 10 heteroatoms. The summed E-state index contributed by atoms with van der Waals surface area (Å²) in [7, 11) is 0. The lowest BCUT2D eigenvalue weighted by Crippen LogP contribution is -2.48. The van der Waals surface area contributed by atoms with E-state index >= 15 is 0 Å². The molecule has 0 aliphatic carbocycles. The number of halogens is 6. The van der Waals surface area contributed by atoms with Gasteiger partial charge in [-0.2, -0.15) is 9.47 Å². The summed E-state index contributed by atoms with van der Waals surface area (Å²) in [5, 5.41) is 11.2. The second-order valence-corrected chi connectivity index (χ2v) is 3.01. The molecule has 0 spiro atoms. The fourth-order valence-electron chi connectivity index (χ4n) is 0.979. The molecule has 1 aromatic rings. The monoisotopic (exact) mass is 291 g/mol. The molecule has 0 amide bonds. The number of hydrogen-bond donors (Lipinski definition) is 0. The minimum Gasteiger partial charge on any atom is -0.414 e. The lowest BCUT2D eigenvalue weighted by Gasteiger charge is -2.26. The molecule has 1 rings (SSSR count). The van der Waals surface area contributed by atoms with Crippen LogP contribution in [0.5, 0.6) is 5.75 Å². The fourth-order valence-corrected chi connectivity index (χ4v) is 0.979. The van der Waals surface area contributed by atoms with E-state index in [1.807, 2.05) is 0 Å². The van der Waals surface area contributed by atoms with E-state index < -0.39 is 24.6 Å². The van der Waals surface area contributed by atoms with Crippen molar-refractivity contribution in [1.29, 1.82) is 0 Å². The molecule has 0 saturated heterocycles. The third-order valence-corrected chi connectivity index (χ3v) is 1.47. The Morgan fingerprint density at radius 2 is 1.21 bits per heavy atom. The number of hydrogen-bond acceptors (Lipinski definition) is 3. The molecular formula is C9H5F6O4. The summed E-state index contributed by atoms with van der Waals surface area (Å²) in [6.45, 7) is 0. The molecule has 0 bridgehead atoms. The number of para-hydroxylation sites is 1. The van der Waals surface area contributed by atoms with E-state index in [0.29, 0.717) is 0 Å². The maximum Gasteiger partial charge on any atom is 0.529 e. The SMILES string of the molecule is [O]C(Oc1ccccc1)(OC(F)(F)F)OC(F)(F)F. The van der Waals surface area contributed by atoms with Gasteiger partial charge in [0.05, 0.1) is 0 Å². The molecule has 107 valence electrons. The Hall–Kier alpha value is -1.52. The molecule has 0 aliphatic heterocycles. The molecule has 0 aromatic heterocycles. The van der Waals surface area contributed by atoms with Crippen molar-refractivity contribution < 1.29 is 45.7 Å². The number of ether oxygens (including phenoxy) is 3. The first-order chi connectivity index (χ1) is 8.49. The topological polar surface area (TPSA) is 47.6 Å². The van der Waals surface area contributed by atoms with Crippen LogP contribution < -0.4 is 4.74 Å². The van der Waals surface area contributed by atoms with Gasteiger partial charge in [0.25, 0.3) is 0 Å². The number of alkyl halides is 6. The van der Waals surface area contributed by atoms with E-state index in [2.05, 4.69) is 14.2 Å². The summed E-state index contributed by atoms with van der Waals surface area (Å²) in [5.74, 6) is -0.592. The normalized spacial score (nSPS) is 13.4. The lowest BCUT2D eigenvalue weighted by atomic mass is 10.3. The molecular weight excluding hydrogens is 286 g/mol. The highest BCUT2D eigenvalue weighted by molar-refractivity contribution is 5.21. The smallest absolute Gasteiger partial charge is 0.414 e. The summed E-state index contributed by atoms with van der Waals surface area (Å²) < 4.78 is 80.6. The van der Waals surface area contributed by atoms with Crippen molar-refractivity contribution in [2.24, 2.45) is 0 Å². The van der Waals surface area contributed by atoms with Crippen molar-refractivity contribution in [3.8, 4) is 5.75 Å². The van der Waals surface area contributed by atoms with Gasteiger partial charge in [-0.1, -0.05) is 18.2 Å². The quantitative estimate of drug-likeness (QED) is 0.632. The van der Waals surface area contributed by atoms with E-state index in [4.69, 9.17) is 0 Å². The van der Waals surface area contributed by atoms with Gasteiger partial charge in [-0.15, -0.1) is 31.4 Å². The zero-order chi connectivity index (χ0) is 14.7. The van der Waals surface area contributed by atoms with Crippen LogP contribution in [0.1, 0.15) is 0 Å². The minimum atomic E-state index is -5.68. The molecule has 0 atom stereocenters. The highest BCUT2D eigenvalue weighted by Gasteiger charge is 2.55. The zero-order valence-electron chi connectivity index (χ0n) is 8.79. The summed E-state index contributed by atoms with van der Waals surface area (Å²) in [6.07, 6.45) is -16.0. The second-order valence-electron chi connectivity index (χ2n) is 3.01. The Balaban J connectivity index is 2.92. The van der Waals surface area contributed by atoms with Gasteiger partial charge in [-0.05, 0) is 12.1 Å². The van der Waals surface area contributed by atoms with Crippen molar-refractivity contribution in [1.82, 2.24) is 0 Å². The van der Waals surface area contributed by atoms with Crippen LogP contribution in [-0.2, 0) is 14.6 Å². The fraction of sp³-hybridized carbons (Fsp3) is 0.333. The molecule has 0 heterocycles. The number of rotatable bonds is 4. The highest BCUT2D eigenvalue weighted by Crippen LogP contribution is 2.32. The Morgan fingerprint density at radius 3 is 1.58 bits per heavy atom. The van der Waals surface area contributed by atoms with Gasteiger partial charge in [-0.25, -0.2) is 0 Å². The molecule has 0 saturated carbocycles. The number of benzene rings is 1. The van der Waals surface area contributed by atoms with Crippen LogP contribution in [0.3, 0.4) is 0 Å². The Bertz CT molecular complexity index is 385. The molecule has 19 heavy (non-hydrogen) atoms. The molecule has 4 nitrogen and oxygen atoms in total. The first kappa shape index (κ1) is 15.5. The lowest BCUT2D eigenvalue weighted by molar-refractivity contribution is -0.597. The van der Waals surface area contributed by atoms with E-state index in [1.54, 1.807) is 0 Å². The van der Waals surface area contributed by atoms with Crippen LogP contribution in [0, 0.1) is 0 Å². The van der Waals surface area contributed by atoms with E-state index in [0.717, 1.165) is 12.1 Å². The van der Waals surface area contributed by atoms with E-state index in [1.165, 1.54) is 18.2 Å². The predicted molar refractivity (Wildman–Crippen MR) is 44.8 cm³/mol. The average Bonchev–Trinajstić information content (AvgIpc) is 2.11. The predicted octanol–water partition coefficient (Wildman–Crippen LogP) is 3.18. The maximum atomic E-state index is 11.9. The van der Waals surface area contributed by atoms with Gasteiger partial charge < -0.3 is 4.74 Å². The van der Waals surface area contributed by atoms with Gasteiger partial charge in [-0.3, -0.25) is 0 Å². The first-order valence-electron chi connectivity index (χ1n) is 4.47. The van der Waals surface area contributed by atoms with Crippen LogP contribution >= 0.6 is 0 Å². The van der Waals surface area contributed by atoms with E-state index in [9.17, 15) is 31.4 Å². The van der Waals surface area contributed by atoms with Crippen LogP contribution in [0.15, 0.2) is 30.3 Å². The van der Waals surface area contributed by atoms with Gasteiger partial charge in [0.1, 0.15) is 5.75 Å². The van der Waals surface area contributed by atoms with Crippen LogP contribution in [0.25, 0.3) is 0 Å². The minimum absolute atomic E-state index is 0.592. The third-order valence-electron chi connectivity index (χ3n) is 1.47. The largest absolute Gasteiger partial charge is 0.529 e. The average molecular weight is 291 g/mol. The van der Waals surface area contributed by atoms with Crippen molar-refractivity contribution >= 4 is 0 Å². The summed E-state index contributed by atoms with van der Waals surface area (Å²) >= 11 is 0. The maximum absolute atomic E-state index is 11.9. The molecule has 1 radical (unpaired) electrons. The Kier molecular flexibility index (Phi) is 4.28. The zero-order valence-corrected chi connectivity index (χ0v) is 8.79. The van der Waals surface area contributed by atoms with E-state index in [-0.39, 0.29) is 0 Å². The second kappa shape index (κ2) is 5.23. The van der Waals surface area contributed by atoms with Gasteiger partial charge >= 0.3 is 18.9 Å². The van der Waals surface area contributed by atoms with Gasteiger partial charge in [0.15, 0.2) is 0 Å². The molecule has 0 aliphatic rings. The molecule has 0 N–H and O–H groups in total. The van der Waals surface area contributed by atoms with Crippen molar-refractivity contribution in [3.63, 3.8) is 0 Å². The van der Waals surface area contributed by atoms with Gasteiger partial charge in [0.2, 0.25) is 0 Å².